The fourth-order valence-electron chi connectivity index (χ4n) is 1.45. The van der Waals surface area contributed by atoms with Crippen molar-refractivity contribution in [2.24, 2.45) is 0 Å². The molecule has 9 heteroatoms. The first-order chi connectivity index (χ1) is 9.56. The van der Waals surface area contributed by atoms with Crippen molar-refractivity contribution >= 4 is 28.3 Å². The van der Waals surface area contributed by atoms with Gasteiger partial charge in [0.1, 0.15) is 5.00 Å². The number of carbonyl (C=O) groups excluding carboxylic acids is 1. The second-order valence-corrected chi connectivity index (χ2v) is 4.75. The van der Waals surface area contributed by atoms with E-state index in [1.54, 1.807) is 12.3 Å². The van der Waals surface area contributed by atoms with Gasteiger partial charge in [-0.2, -0.15) is 4.98 Å². The molecule has 106 valence electrons. The van der Waals surface area contributed by atoms with Crippen LogP contribution < -0.4 is 10.6 Å². The molecule has 0 atom stereocenters. The SMILES string of the molecule is Cc1nc(CCNC(=O)Nc2sccc2C(=O)O)no1. The van der Waals surface area contributed by atoms with E-state index in [0.717, 1.165) is 11.3 Å². The number of hydrogen-bond donors (Lipinski definition) is 3. The summed E-state index contributed by atoms with van der Waals surface area (Å²) in [6.07, 6.45) is 0.432. The number of hydrogen-bond acceptors (Lipinski definition) is 6. The molecule has 2 heterocycles. The maximum atomic E-state index is 11.6. The Morgan fingerprint density at radius 2 is 2.30 bits per heavy atom. The van der Waals surface area contributed by atoms with E-state index >= 15 is 0 Å². The van der Waals surface area contributed by atoms with Gasteiger partial charge in [0.15, 0.2) is 5.82 Å². The van der Waals surface area contributed by atoms with Gasteiger partial charge in [-0.05, 0) is 11.4 Å². The molecule has 0 saturated carbocycles. The van der Waals surface area contributed by atoms with Crippen molar-refractivity contribution in [3.63, 3.8) is 0 Å². The Hall–Kier alpha value is -2.42. The lowest BCUT2D eigenvalue weighted by molar-refractivity contribution is 0.0698. The number of nitrogens with one attached hydrogen (secondary N) is 2. The summed E-state index contributed by atoms with van der Waals surface area (Å²) >= 11 is 1.15. The first kappa shape index (κ1) is 14.0. The molecule has 20 heavy (non-hydrogen) atoms. The van der Waals surface area contributed by atoms with Gasteiger partial charge in [0.2, 0.25) is 5.89 Å². The van der Waals surface area contributed by atoms with Crippen molar-refractivity contribution in [2.45, 2.75) is 13.3 Å². The molecule has 0 saturated heterocycles. The van der Waals surface area contributed by atoms with Crippen molar-refractivity contribution < 1.29 is 19.2 Å². The van der Waals surface area contributed by atoms with E-state index in [2.05, 4.69) is 20.8 Å². The summed E-state index contributed by atoms with van der Waals surface area (Å²) in [4.78, 5) is 26.5. The lowest BCUT2D eigenvalue weighted by Gasteiger charge is -2.05. The second-order valence-electron chi connectivity index (χ2n) is 3.83. The molecule has 2 aromatic rings. The van der Waals surface area contributed by atoms with E-state index in [4.69, 9.17) is 9.63 Å². The summed E-state index contributed by atoms with van der Waals surface area (Å²) in [5.74, 6) is -0.108. The van der Waals surface area contributed by atoms with Crippen LogP contribution in [-0.2, 0) is 6.42 Å². The number of carboxylic acid groups (broad SMARTS) is 1. The molecular weight excluding hydrogens is 284 g/mol. The van der Waals surface area contributed by atoms with Crippen molar-refractivity contribution in [1.82, 2.24) is 15.5 Å². The number of urea groups is 1. The maximum Gasteiger partial charge on any atom is 0.338 e. The van der Waals surface area contributed by atoms with E-state index in [9.17, 15) is 9.59 Å². The average molecular weight is 296 g/mol. The summed E-state index contributed by atoms with van der Waals surface area (Å²) in [5.41, 5.74) is 0.0685. The maximum absolute atomic E-state index is 11.6. The Morgan fingerprint density at radius 1 is 1.50 bits per heavy atom. The molecule has 2 aromatic heterocycles. The minimum absolute atomic E-state index is 0.0685. The first-order valence-corrected chi connectivity index (χ1v) is 6.59. The van der Waals surface area contributed by atoms with Crippen LogP contribution in [0.1, 0.15) is 22.1 Å². The summed E-state index contributed by atoms with van der Waals surface area (Å²) in [6, 6.07) is 0.959. The molecular formula is C11H12N4O4S. The third kappa shape index (κ3) is 3.54. The Kier molecular flexibility index (Phi) is 4.31. The Labute approximate surface area is 117 Å². The summed E-state index contributed by atoms with van der Waals surface area (Å²) in [7, 11) is 0. The molecule has 2 amide bonds. The Balaban J connectivity index is 1.80. The third-order valence-corrected chi connectivity index (χ3v) is 3.16. The van der Waals surface area contributed by atoms with Crippen LogP contribution >= 0.6 is 11.3 Å². The fraction of sp³-hybridized carbons (Fsp3) is 0.273. The predicted octanol–water partition coefficient (Wildman–Crippen LogP) is 1.50. The third-order valence-electron chi connectivity index (χ3n) is 2.33. The number of aryl methyl sites for hydroxylation is 1. The van der Waals surface area contributed by atoms with Gasteiger partial charge in [-0.1, -0.05) is 5.16 Å². The number of carbonyl (C=O) groups is 2. The minimum atomic E-state index is -1.08. The number of aromatic carboxylic acids is 1. The van der Waals surface area contributed by atoms with Crippen LogP contribution in [0.2, 0.25) is 0 Å². The van der Waals surface area contributed by atoms with Crippen molar-refractivity contribution in [1.29, 1.82) is 0 Å². The molecule has 0 bridgehead atoms. The van der Waals surface area contributed by atoms with Crippen molar-refractivity contribution in [3.8, 4) is 0 Å². The van der Waals surface area contributed by atoms with Crippen molar-refractivity contribution in [3.05, 3.63) is 28.7 Å². The monoisotopic (exact) mass is 296 g/mol. The van der Waals surface area contributed by atoms with Gasteiger partial charge >= 0.3 is 12.0 Å². The average Bonchev–Trinajstić information content (AvgIpc) is 2.98. The van der Waals surface area contributed by atoms with Gasteiger partial charge in [-0.25, -0.2) is 9.59 Å². The van der Waals surface area contributed by atoms with Gasteiger partial charge in [0.05, 0.1) is 5.56 Å². The number of carboxylic acids is 1. The van der Waals surface area contributed by atoms with Gasteiger partial charge in [-0.3, -0.25) is 5.32 Å². The van der Waals surface area contributed by atoms with Gasteiger partial charge in [0.25, 0.3) is 0 Å². The lowest BCUT2D eigenvalue weighted by atomic mass is 10.3. The van der Waals surface area contributed by atoms with E-state index in [-0.39, 0.29) is 5.56 Å². The van der Waals surface area contributed by atoms with E-state index in [1.807, 2.05) is 0 Å². The summed E-state index contributed by atoms with van der Waals surface area (Å²) in [5, 5.41) is 19.6. The zero-order chi connectivity index (χ0) is 14.5. The topological polar surface area (TPSA) is 117 Å². The number of aromatic nitrogens is 2. The van der Waals surface area contributed by atoms with Crippen molar-refractivity contribution in [2.75, 3.05) is 11.9 Å². The highest BCUT2D eigenvalue weighted by molar-refractivity contribution is 7.14. The highest BCUT2D eigenvalue weighted by atomic mass is 32.1. The molecule has 0 aromatic carbocycles. The number of nitrogens with zero attached hydrogens (tertiary/aromatic N) is 2. The Bertz CT molecular complexity index is 621. The van der Waals surface area contributed by atoms with Crippen LogP contribution in [0.3, 0.4) is 0 Å². The molecule has 0 radical (unpaired) electrons. The standard InChI is InChI=1S/C11H12N4O4S/c1-6-13-8(15-19-6)2-4-12-11(18)14-9-7(10(16)17)3-5-20-9/h3,5H,2,4H2,1H3,(H,16,17)(H2,12,14,18). The molecule has 3 N–H and O–H groups in total. The highest BCUT2D eigenvalue weighted by Crippen LogP contribution is 2.22. The largest absolute Gasteiger partial charge is 0.478 e. The Morgan fingerprint density at radius 3 is 2.95 bits per heavy atom. The van der Waals surface area contributed by atoms with E-state index < -0.39 is 12.0 Å². The molecule has 0 spiro atoms. The quantitative estimate of drug-likeness (QED) is 0.769. The molecule has 0 fully saturated rings. The smallest absolute Gasteiger partial charge is 0.338 e. The fourth-order valence-corrected chi connectivity index (χ4v) is 2.23. The number of anilines is 1. The first-order valence-electron chi connectivity index (χ1n) is 5.71. The zero-order valence-electron chi connectivity index (χ0n) is 10.5. The van der Waals surface area contributed by atoms with Crippen LogP contribution in [-0.4, -0.2) is 33.8 Å². The summed E-state index contributed by atoms with van der Waals surface area (Å²) in [6.45, 7) is 2.00. The normalized spacial score (nSPS) is 10.2. The molecule has 8 nitrogen and oxygen atoms in total. The number of amides is 2. The highest BCUT2D eigenvalue weighted by Gasteiger charge is 2.13. The van der Waals surface area contributed by atoms with Crippen LogP contribution in [0.5, 0.6) is 0 Å². The van der Waals surface area contributed by atoms with Gasteiger partial charge < -0.3 is 14.9 Å². The molecule has 0 aliphatic heterocycles. The number of rotatable bonds is 5. The van der Waals surface area contributed by atoms with Crippen LogP contribution in [0.4, 0.5) is 9.80 Å². The van der Waals surface area contributed by atoms with Crippen LogP contribution in [0, 0.1) is 6.92 Å². The molecule has 2 rings (SSSR count). The zero-order valence-corrected chi connectivity index (χ0v) is 11.4. The van der Waals surface area contributed by atoms with E-state index in [0.29, 0.717) is 29.7 Å². The summed E-state index contributed by atoms with van der Waals surface area (Å²) < 4.78 is 4.80. The van der Waals surface area contributed by atoms with Gasteiger partial charge in [-0.15, -0.1) is 11.3 Å². The van der Waals surface area contributed by atoms with Crippen LogP contribution in [0.15, 0.2) is 16.0 Å². The molecule has 0 aliphatic rings. The van der Waals surface area contributed by atoms with Crippen LogP contribution in [0.25, 0.3) is 0 Å². The lowest BCUT2D eigenvalue weighted by Crippen LogP contribution is -2.30. The number of thiophene rings is 1. The second kappa shape index (κ2) is 6.15. The molecule has 0 unspecified atom stereocenters. The van der Waals surface area contributed by atoms with E-state index in [1.165, 1.54) is 6.07 Å². The molecule has 0 aliphatic carbocycles. The predicted molar refractivity (Wildman–Crippen MR) is 71.0 cm³/mol. The van der Waals surface area contributed by atoms with Gasteiger partial charge in [0, 0.05) is 19.9 Å². The minimum Gasteiger partial charge on any atom is -0.478 e.